The molecule has 0 unspecified atom stereocenters. The van der Waals surface area contributed by atoms with Gasteiger partial charge in [0.05, 0.1) is 0 Å². The molecule has 1 aliphatic heterocycles. The van der Waals surface area contributed by atoms with Crippen molar-refractivity contribution in [2.24, 2.45) is 0 Å². The van der Waals surface area contributed by atoms with Gasteiger partial charge in [-0.2, -0.15) is 0 Å². The first-order valence-electron chi connectivity index (χ1n) is 11.9. The zero-order valence-corrected chi connectivity index (χ0v) is 19.2. The second kappa shape index (κ2) is 12.0. The van der Waals surface area contributed by atoms with Crippen molar-refractivity contribution in [2.75, 3.05) is 31.1 Å². The number of hydrogen-bond donors (Lipinski definition) is 1. The van der Waals surface area contributed by atoms with Crippen LogP contribution in [0.4, 0.5) is 5.82 Å². The van der Waals surface area contributed by atoms with Crippen LogP contribution in [0.25, 0.3) is 12.2 Å². The number of unbranched alkanes of at least 4 members (excludes halogenated alkanes) is 2. The van der Waals surface area contributed by atoms with Crippen LogP contribution >= 0.6 is 0 Å². The van der Waals surface area contributed by atoms with E-state index in [4.69, 9.17) is 4.98 Å². The Hall–Kier alpha value is -3.37. The van der Waals surface area contributed by atoms with Crippen LogP contribution in [0.1, 0.15) is 36.0 Å². The van der Waals surface area contributed by atoms with Gasteiger partial charge in [-0.1, -0.05) is 66.8 Å². The summed E-state index contributed by atoms with van der Waals surface area (Å²) in [6, 6.07) is 22.2. The second-order valence-electron chi connectivity index (χ2n) is 8.49. The molecular weight excluding hydrogens is 406 g/mol. The first-order chi connectivity index (χ1) is 16.3. The number of pyridine rings is 1. The zero-order chi connectivity index (χ0) is 22.7. The standard InChI is InChI=1S/C29H33N3O/c33-28-17-15-25(16-18-28)10-5-2-1-3-8-13-27-14-9-19-30-29(27)32-22-20-31(21-23-32)24-26-11-6-4-7-12-26/h4-19,33H,1-3,20-24H2/b10-5+,13-8+. The summed E-state index contributed by atoms with van der Waals surface area (Å²) in [7, 11) is 0. The van der Waals surface area contributed by atoms with Gasteiger partial charge in [-0.15, -0.1) is 0 Å². The van der Waals surface area contributed by atoms with Gasteiger partial charge in [0, 0.05) is 44.5 Å². The highest BCUT2D eigenvalue weighted by atomic mass is 16.3. The van der Waals surface area contributed by atoms with Crippen LogP contribution in [0.2, 0.25) is 0 Å². The average Bonchev–Trinajstić information content (AvgIpc) is 2.86. The third-order valence-electron chi connectivity index (χ3n) is 5.98. The molecular formula is C29H33N3O. The van der Waals surface area contributed by atoms with Gasteiger partial charge in [-0.25, -0.2) is 4.98 Å². The van der Waals surface area contributed by atoms with Gasteiger partial charge in [0.1, 0.15) is 11.6 Å². The third kappa shape index (κ3) is 7.06. The highest BCUT2D eigenvalue weighted by molar-refractivity contribution is 5.64. The van der Waals surface area contributed by atoms with E-state index in [2.05, 4.69) is 70.5 Å². The zero-order valence-electron chi connectivity index (χ0n) is 19.2. The molecule has 0 spiro atoms. The van der Waals surface area contributed by atoms with Crippen molar-refractivity contribution in [3.63, 3.8) is 0 Å². The van der Waals surface area contributed by atoms with Crippen LogP contribution in [-0.4, -0.2) is 41.2 Å². The molecule has 4 nitrogen and oxygen atoms in total. The minimum atomic E-state index is 0.307. The van der Waals surface area contributed by atoms with Gasteiger partial charge >= 0.3 is 0 Å². The van der Waals surface area contributed by atoms with Crippen molar-refractivity contribution in [3.8, 4) is 5.75 Å². The van der Waals surface area contributed by atoms with Gasteiger partial charge in [-0.3, -0.25) is 4.90 Å². The van der Waals surface area contributed by atoms with E-state index < -0.39 is 0 Å². The molecule has 4 heteroatoms. The predicted octanol–water partition coefficient (Wildman–Crippen LogP) is 6.01. The van der Waals surface area contributed by atoms with Crippen molar-refractivity contribution < 1.29 is 5.11 Å². The summed E-state index contributed by atoms with van der Waals surface area (Å²) in [6.07, 6.45) is 13.9. The van der Waals surface area contributed by atoms with E-state index in [1.54, 1.807) is 12.1 Å². The van der Waals surface area contributed by atoms with Gasteiger partial charge in [0.2, 0.25) is 0 Å². The Balaban J connectivity index is 1.23. The molecule has 0 saturated carbocycles. The third-order valence-corrected chi connectivity index (χ3v) is 5.98. The number of anilines is 1. The summed E-state index contributed by atoms with van der Waals surface area (Å²) in [5.41, 5.74) is 3.70. The molecule has 2 heterocycles. The number of hydrogen-bond acceptors (Lipinski definition) is 4. The smallest absolute Gasteiger partial charge is 0.135 e. The highest BCUT2D eigenvalue weighted by Crippen LogP contribution is 2.21. The lowest BCUT2D eigenvalue weighted by Crippen LogP contribution is -2.46. The van der Waals surface area contributed by atoms with E-state index >= 15 is 0 Å². The maximum absolute atomic E-state index is 9.35. The normalized spacial score (nSPS) is 15.0. The van der Waals surface area contributed by atoms with Crippen LogP contribution in [0.15, 0.2) is 85.1 Å². The van der Waals surface area contributed by atoms with Crippen LogP contribution in [0.3, 0.4) is 0 Å². The maximum Gasteiger partial charge on any atom is 0.135 e. The van der Waals surface area contributed by atoms with Crippen molar-refractivity contribution in [1.29, 1.82) is 0 Å². The number of phenols is 1. The number of rotatable bonds is 9. The minimum Gasteiger partial charge on any atom is -0.508 e. The fourth-order valence-corrected chi connectivity index (χ4v) is 4.13. The second-order valence-corrected chi connectivity index (χ2v) is 8.49. The van der Waals surface area contributed by atoms with E-state index in [1.807, 2.05) is 24.4 Å². The molecule has 3 aromatic rings. The van der Waals surface area contributed by atoms with Crippen LogP contribution in [0, 0.1) is 0 Å². The van der Waals surface area contributed by atoms with Crippen molar-refractivity contribution in [2.45, 2.75) is 25.8 Å². The molecule has 170 valence electrons. The molecule has 0 bridgehead atoms. The van der Waals surface area contributed by atoms with E-state index in [0.717, 1.165) is 63.4 Å². The number of phenolic OH excluding ortho intramolecular Hbond substituents is 1. The molecule has 4 rings (SSSR count). The number of piperazine rings is 1. The van der Waals surface area contributed by atoms with Gasteiger partial charge in [-0.05, 0) is 54.7 Å². The lowest BCUT2D eigenvalue weighted by Gasteiger charge is -2.36. The molecule has 1 N–H and O–H groups in total. The van der Waals surface area contributed by atoms with Gasteiger partial charge in [0.15, 0.2) is 0 Å². The average molecular weight is 440 g/mol. The Morgan fingerprint density at radius 3 is 2.27 bits per heavy atom. The molecule has 33 heavy (non-hydrogen) atoms. The Labute approximate surface area is 197 Å². The van der Waals surface area contributed by atoms with Crippen LogP contribution in [0.5, 0.6) is 5.75 Å². The molecule has 2 aromatic carbocycles. The molecule has 0 atom stereocenters. The lowest BCUT2D eigenvalue weighted by molar-refractivity contribution is 0.249. The largest absolute Gasteiger partial charge is 0.508 e. The fourth-order valence-electron chi connectivity index (χ4n) is 4.13. The summed E-state index contributed by atoms with van der Waals surface area (Å²) in [5, 5.41) is 9.35. The Kier molecular flexibility index (Phi) is 8.31. The quantitative estimate of drug-likeness (QED) is 0.415. The first kappa shape index (κ1) is 22.8. The van der Waals surface area contributed by atoms with Crippen molar-refractivity contribution in [3.05, 3.63) is 102 Å². The van der Waals surface area contributed by atoms with Crippen LogP contribution < -0.4 is 4.90 Å². The lowest BCUT2D eigenvalue weighted by atomic mass is 10.1. The SMILES string of the molecule is Oc1ccc(/C=C/CCC/C=C/c2cccnc2N2CCN(Cc3ccccc3)CC2)cc1. The molecule has 1 aliphatic rings. The number of benzene rings is 2. The molecule has 0 aliphatic carbocycles. The summed E-state index contributed by atoms with van der Waals surface area (Å²) in [6.45, 7) is 5.15. The molecule has 1 fully saturated rings. The fraction of sp³-hybridized carbons (Fsp3) is 0.276. The van der Waals surface area contributed by atoms with Crippen molar-refractivity contribution in [1.82, 2.24) is 9.88 Å². The minimum absolute atomic E-state index is 0.307. The Morgan fingerprint density at radius 2 is 1.52 bits per heavy atom. The van der Waals surface area contributed by atoms with E-state index in [1.165, 1.54) is 11.1 Å². The molecule has 1 aromatic heterocycles. The maximum atomic E-state index is 9.35. The monoisotopic (exact) mass is 439 g/mol. The van der Waals surface area contributed by atoms with Gasteiger partial charge in [0.25, 0.3) is 0 Å². The van der Waals surface area contributed by atoms with E-state index in [9.17, 15) is 5.11 Å². The molecule has 1 saturated heterocycles. The van der Waals surface area contributed by atoms with Gasteiger partial charge < -0.3 is 10.0 Å². The molecule has 0 radical (unpaired) electrons. The highest BCUT2D eigenvalue weighted by Gasteiger charge is 2.19. The summed E-state index contributed by atoms with van der Waals surface area (Å²) < 4.78 is 0. The number of aromatic nitrogens is 1. The summed E-state index contributed by atoms with van der Waals surface area (Å²) in [4.78, 5) is 9.65. The van der Waals surface area contributed by atoms with Crippen LogP contribution in [-0.2, 0) is 6.54 Å². The van der Waals surface area contributed by atoms with Crippen molar-refractivity contribution >= 4 is 18.0 Å². The van der Waals surface area contributed by atoms with E-state index in [0.29, 0.717) is 5.75 Å². The summed E-state index contributed by atoms with van der Waals surface area (Å²) >= 11 is 0. The Bertz CT molecular complexity index is 1040. The van der Waals surface area contributed by atoms with E-state index in [-0.39, 0.29) is 0 Å². The molecule has 0 amide bonds. The first-order valence-corrected chi connectivity index (χ1v) is 11.9. The number of aromatic hydroxyl groups is 1. The summed E-state index contributed by atoms with van der Waals surface area (Å²) in [5.74, 6) is 1.40. The predicted molar refractivity (Wildman–Crippen MR) is 138 cm³/mol. The number of allylic oxidation sites excluding steroid dienone is 2. The Morgan fingerprint density at radius 1 is 0.788 bits per heavy atom. The number of nitrogens with zero attached hydrogens (tertiary/aromatic N) is 3. The topological polar surface area (TPSA) is 39.6 Å².